The van der Waals surface area contributed by atoms with Crippen molar-refractivity contribution >= 4 is 119 Å². The number of aliphatic carboxylic acids is 1. The molecule has 0 aliphatic carbocycles. The Labute approximate surface area is 704 Å². The van der Waals surface area contributed by atoms with E-state index in [0.717, 1.165) is 121 Å². The van der Waals surface area contributed by atoms with Crippen LogP contribution in [0.1, 0.15) is 149 Å². The Hall–Kier alpha value is -10.9. The van der Waals surface area contributed by atoms with Crippen LogP contribution in [0.25, 0.3) is 0 Å². The van der Waals surface area contributed by atoms with Gasteiger partial charge in [-0.15, -0.1) is 0 Å². The molecule has 21 atom stereocenters. The zero-order valence-electron chi connectivity index (χ0n) is 70.7. The van der Waals surface area contributed by atoms with Crippen LogP contribution in [-0.4, -0.2) is 342 Å². The first-order valence-electron chi connectivity index (χ1n) is 38.5. The van der Waals surface area contributed by atoms with E-state index in [2.05, 4.69) is 5.32 Å². The van der Waals surface area contributed by atoms with Crippen molar-refractivity contribution in [2.45, 2.75) is 278 Å². The quantitative estimate of drug-likeness (QED) is 0.0376. The molecular formula is C75H107N3O45. The highest BCUT2D eigenvalue weighted by Crippen LogP contribution is 2.35. The molecule has 0 aromatic rings. The van der Waals surface area contributed by atoms with E-state index in [-0.39, 0.29) is 12.8 Å². The van der Waals surface area contributed by atoms with E-state index in [9.17, 15) is 91.4 Å². The zero-order valence-corrected chi connectivity index (χ0v) is 70.7. The molecule has 692 valence electrons. The van der Waals surface area contributed by atoms with Crippen LogP contribution in [0.3, 0.4) is 0 Å². The minimum atomic E-state index is -1.91. The maximum Gasteiger partial charge on any atom is 0.303 e. The van der Waals surface area contributed by atoms with Crippen molar-refractivity contribution in [3.05, 3.63) is 0 Å². The summed E-state index contributed by atoms with van der Waals surface area (Å²) in [7, 11) is 0. The fourth-order valence-electron chi connectivity index (χ4n) is 12.8. The second-order valence-corrected chi connectivity index (χ2v) is 27.7. The minimum Gasteiger partial charge on any atom is -0.481 e. The second-order valence-electron chi connectivity index (χ2n) is 27.7. The molecule has 0 bridgehead atoms. The summed E-state index contributed by atoms with van der Waals surface area (Å²) < 4.78 is 136. The maximum absolute atomic E-state index is 15.9. The number of nitrogens with one attached hydrogen (secondary N) is 1. The van der Waals surface area contributed by atoms with Gasteiger partial charge in [-0.2, -0.15) is 0 Å². The summed E-state index contributed by atoms with van der Waals surface area (Å²) in [6.07, 6.45) is -37.6. The van der Waals surface area contributed by atoms with Crippen LogP contribution in [0.2, 0.25) is 0 Å². The van der Waals surface area contributed by atoms with Gasteiger partial charge in [0.25, 0.3) is 0 Å². The predicted molar refractivity (Wildman–Crippen MR) is 392 cm³/mol. The topological polar surface area (TPSA) is 602 Å². The highest BCUT2D eigenvalue weighted by atomic mass is 16.8. The number of carbonyl (C=O) groups excluding carboxylic acids is 19. The summed E-state index contributed by atoms with van der Waals surface area (Å²) in [5, 5.41) is 12.0. The van der Waals surface area contributed by atoms with Crippen molar-refractivity contribution < 1.29 is 215 Å². The molecule has 48 heteroatoms. The Morgan fingerprint density at radius 3 is 0.732 bits per heavy atom. The lowest BCUT2D eigenvalue weighted by molar-refractivity contribution is -0.309. The van der Waals surface area contributed by atoms with Gasteiger partial charge in [0.2, 0.25) is 17.7 Å². The van der Waals surface area contributed by atoms with Crippen LogP contribution in [-0.2, 0) is 210 Å². The van der Waals surface area contributed by atoms with Gasteiger partial charge in [0, 0.05) is 156 Å². The molecule has 4 heterocycles. The first-order chi connectivity index (χ1) is 57.7. The number of esters is 16. The molecule has 0 unspecified atom stereocenters. The molecule has 48 nitrogen and oxygen atoms in total. The number of rotatable bonds is 46. The average molecular weight is 1770 g/mol. The first kappa shape index (κ1) is 104. The molecular weight excluding hydrogens is 1660 g/mol. The highest BCUT2D eigenvalue weighted by Gasteiger charge is 2.57. The van der Waals surface area contributed by atoms with Gasteiger partial charge in [-0.1, -0.05) is 0 Å². The van der Waals surface area contributed by atoms with Crippen LogP contribution in [0, 0.1) is 0 Å². The Balaban J connectivity index is 1.99. The van der Waals surface area contributed by atoms with Gasteiger partial charge in [0.05, 0.1) is 26.4 Å². The molecule has 0 radical (unpaired) electrons. The lowest BCUT2D eigenvalue weighted by Crippen LogP contribution is -2.63. The molecule has 0 aromatic carbocycles. The third kappa shape index (κ3) is 37.0. The first-order valence-corrected chi connectivity index (χ1v) is 38.5. The van der Waals surface area contributed by atoms with Crippen molar-refractivity contribution in [3.8, 4) is 0 Å². The molecule has 123 heavy (non-hydrogen) atoms. The normalized spacial score (nSPS) is 26.0. The Morgan fingerprint density at radius 1 is 0.285 bits per heavy atom. The molecule has 0 saturated carbocycles. The summed E-state index contributed by atoms with van der Waals surface area (Å²) in [4.78, 5) is 261. The third-order valence-corrected chi connectivity index (χ3v) is 17.4. The SMILES string of the molecule is CC(=O)OC[C@H]1O[C@H](OCCN(CCO[C@H]2O[C@H](COC(C)=O)[C@@H](OC(C)=O)[C@H](OC(C)=O)[C@@H]2OC(C)=O)C(=O)CC[C@H](NC(=O)CCCCC(=O)O)C(=O)N(CCO[C@H]2O[C@H](COC(C)=O)[C@@H](OC(C)=O)[C@H](OC(C)=O)[C@@H]2OC(C)=O)CCO[C@H]2O[C@H](COC(C)=O)[C@@H](OC(C)=O)[C@H](OC(C)=O)[C@@H]2OC(C)=O)[C@@H](OC(C)=O)[C@@H](OC(C)=O)[C@@H]1OC(C)=O. The highest BCUT2D eigenvalue weighted by molar-refractivity contribution is 5.88. The summed E-state index contributed by atoms with van der Waals surface area (Å²) in [6.45, 7) is 6.96. The van der Waals surface area contributed by atoms with Gasteiger partial charge in [0.15, 0.2) is 98.4 Å². The van der Waals surface area contributed by atoms with E-state index in [1.54, 1.807) is 0 Å². The molecule has 0 spiro atoms. The molecule has 4 aliphatic heterocycles. The largest absolute Gasteiger partial charge is 0.481 e. The zero-order chi connectivity index (χ0) is 92.2. The summed E-state index contributed by atoms with van der Waals surface area (Å²) in [6, 6.07) is -1.90. The Bertz CT molecular complexity index is 3500. The summed E-state index contributed by atoms with van der Waals surface area (Å²) in [5.41, 5.74) is 0. The van der Waals surface area contributed by atoms with Gasteiger partial charge in [-0.3, -0.25) is 95.9 Å². The smallest absolute Gasteiger partial charge is 0.303 e. The summed E-state index contributed by atoms with van der Waals surface area (Å²) >= 11 is 0. The Kier molecular flexibility index (Phi) is 44.0. The van der Waals surface area contributed by atoms with E-state index in [4.69, 9.17) is 114 Å². The van der Waals surface area contributed by atoms with Crippen molar-refractivity contribution in [3.63, 3.8) is 0 Å². The number of unbranched alkanes of at least 4 members (excludes halogenated alkanes) is 1. The lowest BCUT2D eigenvalue weighted by atomic mass is 9.98. The molecule has 4 rings (SSSR count). The average Bonchev–Trinajstić information content (AvgIpc) is 0.801. The molecule has 0 aromatic heterocycles. The van der Waals surface area contributed by atoms with Crippen LogP contribution < -0.4 is 5.32 Å². The van der Waals surface area contributed by atoms with E-state index in [0.29, 0.717) is 0 Å². The van der Waals surface area contributed by atoms with Gasteiger partial charge in [-0.05, 0) is 19.3 Å². The number of ether oxygens (including phenoxy) is 24. The summed E-state index contributed by atoms with van der Waals surface area (Å²) in [5.74, 6) is -20.0. The molecule has 4 fully saturated rings. The number of carboxylic acid groups (broad SMARTS) is 1. The number of amides is 3. The van der Waals surface area contributed by atoms with E-state index >= 15 is 9.59 Å². The van der Waals surface area contributed by atoms with Crippen molar-refractivity contribution in [1.29, 1.82) is 0 Å². The van der Waals surface area contributed by atoms with E-state index in [1.807, 2.05) is 0 Å². The van der Waals surface area contributed by atoms with Crippen LogP contribution >= 0.6 is 0 Å². The number of carbonyl (C=O) groups is 20. The lowest BCUT2D eigenvalue weighted by Gasteiger charge is -2.44. The molecule has 2 N–H and O–H groups in total. The molecule has 4 saturated heterocycles. The third-order valence-electron chi connectivity index (χ3n) is 17.4. The van der Waals surface area contributed by atoms with Crippen molar-refractivity contribution in [2.75, 3.05) is 79.0 Å². The van der Waals surface area contributed by atoms with Gasteiger partial charge >= 0.3 is 101 Å². The van der Waals surface area contributed by atoms with Crippen molar-refractivity contribution in [1.82, 2.24) is 15.1 Å². The molecule has 3 amide bonds. The molecule has 4 aliphatic rings. The van der Waals surface area contributed by atoms with Crippen LogP contribution in [0.15, 0.2) is 0 Å². The van der Waals surface area contributed by atoms with Crippen LogP contribution in [0.5, 0.6) is 0 Å². The van der Waals surface area contributed by atoms with E-state index in [1.165, 1.54) is 0 Å². The van der Waals surface area contributed by atoms with Crippen molar-refractivity contribution in [2.24, 2.45) is 0 Å². The fourth-order valence-corrected chi connectivity index (χ4v) is 12.8. The number of nitrogens with zero attached hydrogens (tertiary/aromatic N) is 2. The van der Waals surface area contributed by atoms with Gasteiger partial charge < -0.3 is 134 Å². The fraction of sp³-hybridized carbons (Fsp3) is 0.733. The number of hydrogen-bond donors (Lipinski definition) is 2. The van der Waals surface area contributed by atoms with Gasteiger partial charge in [-0.25, -0.2) is 0 Å². The monoisotopic (exact) mass is 1770 g/mol. The predicted octanol–water partition coefficient (Wildman–Crippen LogP) is -2.05. The number of carboxylic acids is 1. The van der Waals surface area contributed by atoms with Crippen LogP contribution in [0.4, 0.5) is 0 Å². The van der Waals surface area contributed by atoms with Gasteiger partial charge in [0.1, 0.15) is 56.9 Å². The minimum absolute atomic E-state index is 0.0760. The number of hydrogen-bond acceptors (Lipinski definition) is 44. The standard InChI is InChI=1S/C75H107N3O45/c1-35(79)104-31-52-59(108-39(5)83)63(112-43(9)87)67(116-47(13)91)72(120-52)100-27-23-77(24-28-101-73-68(117-48(14)92)64(113-44(10)88)60(109-40(6)84)53(121-73)32-105-36(2)80)57(96)22-21-51(76-56(95)19-17-18-20-58(97)98)71(99)78(25-29-102-74-69(118-49(15)93)65(114-45(11)89)61(110-41(7)85)54(122-74)33-106-37(3)81)26-30-103-75-70(119-50(16)94)66(115-46(12)90)62(111-42(8)86)55(123-75)34-107-38(4)82/h51-55,59-70,72-75H,17-34H2,1-16H3,(H,76,95)(H,97,98)/t51-,52+,53+,54+,55+,59+,60+,61+,62+,63-,64-,65-,66-,67-,68-,69-,70-,72-,73-,74-,75-/m0/s1. The second kappa shape index (κ2) is 51.9. The maximum atomic E-state index is 15.9. The Morgan fingerprint density at radius 2 is 0.504 bits per heavy atom. The van der Waals surface area contributed by atoms with E-state index < -0.39 is 353 Å².